The number of rotatable bonds is 4. The number of thiol groups is 1. The fourth-order valence-electron chi connectivity index (χ4n) is 0.391. The molecular weight excluding hydrogens is 199 g/mol. The quantitative estimate of drug-likeness (QED) is 0.236. The van der Waals surface area contributed by atoms with Gasteiger partial charge in [0.15, 0.2) is 0 Å². The second kappa shape index (κ2) is 7.54. The third-order valence-corrected chi connectivity index (χ3v) is 1.91. The van der Waals surface area contributed by atoms with Crippen LogP contribution in [0.5, 0.6) is 0 Å². The minimum atomic E-state index is -3.98. The average molecular weight is 208 g/mol. The summed E-state index contributed by atoms with van der Waals surface area (Å²) in [5, 5.41) is 0. The van der Waals surface area contributed by atoms with Gasteiger partial charge in [-0.05, 0) is 18.6 Å². The molecule has 10 heavy (non-hydrogen) atoms. The van der Waals surface area contributed by atoms with E-state index in [1.165, 1.54) is 0 Å². The standard InChI is InChI=1S/C4H10O3S2.K/c5-9(6,7)4-2-1-3-8;/h8H,1-4H2,(H,5,6,7);/q;+1/p-1. The van der Waals surface area contributed by atoms with E-state index in [9.17, 15) is 13.0 Å². The molecule has 6 heteroatoms. The second-order valence-corrected chi connectivity index (χ2v) is 3.66. The minimum absolute atomic E-state index is 0. The summed E-state index contributed by atoms with van der Waals surface area (Å²) in [6.07, 6.45) is 1.11. The van der Waals surface area contributed by atoms with Crippen LogP contribution in [0.15, 0.2) is 0 Å². The largest absolute Gasteiger partial charge is 1.00 e. The van der Waals surface area contributed by atoms with Crippen LogP contribution in [0, 0.1) is 0 Å². The van der Waals surface area contributed by atoms with Crippen LogP contribution in [0.4, 0.5) is 0 Å². The van der Waals surface area contributed by atoms with Gasteiger partial charge in [0.2, 0.25) is 0 Å². The van der Waals surface area contributed by atoms with Gasteiger partial charge in [0.1, 0.15) is 0 Å². The Morgan fingerprint density at radius 2 is 1.80 bits per heavy atom. The van der Waals surface area contributed by atoms with Gasteiger partial charge in [-0.3, -0.25) is 0 Å². The van der Waals surface area contributed by atoms with E-state index in [2.05, 4.69) is 12.6 Å². The van der Waals surface area contributed by atoms with Crippen molar-refractivity contribution in [2.45, 2.75) is 12.8 Å². The molecule has 0 N–H and O–H groups in total. The van der Waals surface area contributed by atoms with Crippen LogP contribution in [0.2, 0.25) is 0 Å². The first-order chi connectivity index (χ1) is 4.06. The Morgan fingerprint density at radius 3 is 2.10 bits per heavy atom. The van der Waals surface area contributed by atoms with Gasteiger partial charge in [-0.25, -0.2) is 8.42 Å². The molecule has 3 nitrogen and oxygen atoms in total. The van der Waals surface area contributed by atoms with Crippen LogP contribution in [0.3, 0.4) is 0 Å². The SMILES string of the molecule is O=S(=O)([O-])CCCCS.[K+]. The molecule has 0 amide bonds. The van der Waals surface area contributed by atoms with E-state index in [-0.39, 0.29) is 57.1 Å². The molecule has 0 heterocycles. The fraction of sp³-hybridized carbons (Fsp3) is 1.00. The van der Waals surface area contributed by atoms with Crippen molar-refractivity contribution in [2.24, 2.45) is 0 Å². The Labute approximate surface area is 110 Å². The van der Waals surface area contributed by atoms with Gasteiger partial charge in [0, 0.05) is 5.75 Å². The van der Waals surface area contributed by atoms with Gasteiger partial charge in [-0.2, -0.15) is 12.6 Å². The number of hydrogen-bond donors (Lipinski definition) is 1. The maximum atomic E-state index is 9.93. The molecule has 0 atom stereocenters. The molecular formula is C4H9KO3S2. The van der Waals surface area contributed by atoms with Crippen molar-refractivity contribution < 1.29 is 64.4 Å². The molecule has 0 saturated carbocycles. The van der Waals surface area contributed by atoms with Crippen molar-refractivity contribution in [3.05, 3.63) is 0 Å². The zero-order valence-electron chi connectivity index (χ0n) is 5.91. The summed E-state index contributed by atoms with van der Waals surface area (Å²) in [7, 11) is -3.98. The Kier molecular flexibility index (Phi) is 10.9. The first kappa shape index (κ1) is 14.4. The number of hydrogen-bond acceptors (Lipinski definition) is 4. The van der Waals surface area contributed by atoms with Crippen molar-refractivity contribution in [1.82, 2.24) is 0 Å². The smallest absolute Gasteiger partial charge is 0.748 e. The molecule has 0 radical (unpaired) electrons. The van der Waals surface area contributed by atoms with Crippen LogP contribution in [-0.2, 0) is 10.1 Å². The zero-order chi connectivity index (χ0) is 7.33. The van der Waals surface area contributed by atoms with Gasteiger partial charge in [0.25, 0.3) is 0 Å². The third-order valence-electron chi connectivity index (χ3n) is 0.802. The Bertz CT molecular complexity index is 154. The molecule has 0 aliphatic rings. The normalized spacial score (nSPS) is 10.6. The molecule has 0 aliphatic heterocycles. The Morgan fingerprint density at radius 1 is 1.30 bits per heavy atom. The van der Waals surface area contributed by atoms with Crippen LogP contribution >= 0.6 is 12.6 Å². The van der Waals surface area contributed by atoms with Gasteiger partial charge < -0.3 is 4.55 Å². The van der Waals surface area contributed by atoms with Crippen molar-refractivity contribution >= 4 is 22.7 Å². The van der Waals surface area contributed by atoms with Gasteiger partial charge >= 0.3 is 51.4 Å². The molecule has 0 rings (SSSR count). The summed E-state index contributed by atoms with van der Waals surface area (Å²) in [6.45, 7) is 0. The molecule has 0 aromatic rings. The molecule has 0 fully saturated rings. The van der Waals surface area contributed by atoms with Crippen LogP contribution in [-0.4, -0.2) is 24.5 Å². The van der Waals surface area contributed by atoms with Crippen LogP contribution in [0.25, 0.3) is 0 Å². The van der Waals surface area contributed by atoms with E-state index >= 15 is 0 Å². The molecule has 0 aromatic carbocycles. The van der Waals surface area contributed by atoms with E-state index in [0.717, 1.165) is 0 Å². The summed E-state index contributed by atoms with van der Waals surface area (Å²) in [5.41, 5.74) is 0. The monoisotopic (exact) mass is 208 g/mol. The van der Waals surface area contributed by atoms with E-state index < -0.39 is 10.1 Å². The molecule has 0 aliphatic carbocycles. The topological polar surface area (TPSA) is 57.2 Å². The summed E-state index contributed by atoms with van der Waals surface area (Å²) in [6, 6.07) is 0. The van der Waals surface area contributed by atoms with Crippen molar-refractivity contribution in [2.75, 3.05) is 11.5 Å². The molecule has 0 unspecified atom stereocenters. The maximum Gasteiger partial charge on any atom is 1.00 e. The predicted octanol–water partition coefficient (Wildman–Crippen LogP) is -2.75. The Hall–Kier alpha value is 1.90. The van der Waals surface area contributed by atoms with Gasteiger partial charge in [-0.15, -0.1) is 0 Å². The van der Waals surface area contributed by atoms with Crippen molar-refractivity contribution in [1.29, 1.82) is 0 Å². The summed E-state index contributed by atoms with van der Waals surface area (Å²) < 4.78 is 29.8. The van der Waals surface area contributed by atoms with Crippen molar-refractivity contribution in [3.63, 3.8) is 0 Å². The fourth-order valence-corrected chi connectivity index (χ4v) is 1.17. The first-order valence-electron chi connectivity index (χ1n) is 2.60. The number of unbranched alkanes of at least 4 members (excludes halogenated alkanes) is 1. The Balaban J connectivity index is 0. The van der Waals surface area contributed by atoms with E-state index in [1.54, 1.807) is 0 Å². The first-order valence-corrected chi connectivity index (χ1v) is 4.81. The van der Waals surface area contributed by atoms with E-state index in [1.807, 2.05) is 0 Å². The molecule has 0 aromatic heterocycles. The van der Waals surface area contributed by atoms with Gasteiger partial charge in [0.05, 0.1) is 10.1 Å². The predicted molar refractivity (Wildman–Crippen MR) is 37.7 cm³/mol. The van der Waals surface area contributed by atoms with Crippen LogP contribution < -0.4 is 51.4 Å². The molecule has 0 saturated heterocycles. The van der Waals surface area contributed by atoms with Crippen molar-refractivity contribution in [3.8, 4) is 0 Å². The van der Waals surface area contributed by atoms with E-state index in [4.69, 9.17) is 0 Å². The van der Waals surface area contributed by atoms with E-state index in [0.29, 0.717) is 18.6 Å². The molecule has 56 valence electrons. The molecule has 0 spiro atoms. The average Bonchev–Trinajstić information content (AvgIpc) is 1.63. The summed E-state index contributed by atoms with van der Waals surface area (Å²) >= 11 is 3.85. The second-order valence-electron chi connectivity index (χ2n) is 1.69. The summed E-state index contributed by atoms with van der Waals surface area (Å²) in [4.78, 5) is 0. The summed E-state index contributed by atoms with van der Waals surface area (Å²) in [5.74, 6) is 0.378. The minimum Gasteiger partial charge on any atom is -0.748 e. The zero-order valence-corrected chi connectivity index (χ0v) is 10.7. The van der Waals surface area contributed by atoms with Crippen LogP contribution in [0.1, 0.15) is 12.8 Å². The maximum absolute atomic E-state index is 9.93. The third kappa shape index (κ3) is 12.6. The van der Waals surface area contributed by atoms with Gasteiger partial charge in [-0.1, -0.05) is 0 Å². The molecule has 0 bridgehead atoms.